The molecule has 9 nitrogen and oxygen atoms in total. The molecule has 2 fully saturated rings. The normalized spacial score (nSPS) is 21.6. The average molecular weight is 518 g/mol. The molecule has 3 aromatic heterocycles. The smallest absolute Gasteiger partial charge is 0.233 e. The number of piperidine rings is 1. The van der Waals surface area contributed by atoms with Gasteiger partial charge in [-0.3, -0.25) is 4.90 Å². The molecule has 0 spiro atoms. The molecule has 1 aromatic carbocycles. The number of piperazine rings is 1. The Kier molecular flexibility index (Phi) is 6.61. The number of likely N-dealkylation sites (N-methyl/N-ethyl adjacent to an activating group) is 1. The van der Waals surface area contributed by atoms with Crippen LogP contribution in [0.25, 0.3) is 28.1 Å². The van der Waals surface area contributed by atoms with Crippen LogP contribution in [-0.2, 0) is 0 Å². The van der Waals surface area contributed by atoms with Crippen molar-refractivity contribution >= 4 is 28.4 Å². The third-order valence-electron chi connectivity index (χ3n) is 8.27. The lowest BCUT2D eigenvalue weighted by molar-refractivity contribution is 0.169. The number of nitrogens with zero attached hydrogens (tertiary/aromatic N) is 8. The van der Waals surface area contributed by atoms with E-state index in [9.17, 15) is 0 Å². The minimum absolute atomic E-state index is 0.215. The van der Waals surface area contributed by atoms with Crippen LogP contribution in [0.1, 0.15) is 33.6 Å². The van der Waals surface area contributed by atoms with E-state index in [0.29, 0.717) is 40.8 Å². The molecule has 6 rings (SSSR count). The van der Waals surface area contributed by atoms with Crippen LogP contribution in [0.4, 0.5) is 16.0 Å². The zero-order chi connectivity index (χ0) is 26.4. The van der Waals surface area contributed by atoms with Crippen molar-refractivity contribution in [3.05, 3.63) is 42.3 Å². The maximum absolute atomic E-state index is 15.4. The molecule has 4 aromatic rings. The molecule has 200 valence electrons. The van der Waals surface area contributed by atoms with Gasteiger partial charge in [0, 0.05) is 49.9 Å². The van der Waals surface area contributed by atoms with Crippen LogP contribution in [-0.4, -0.2) is 87.4 Å². The van der Waals surface area contributed by atoms with E-state index in [2.05, 4.69) is 63.0 Å². The van der Waals surface area contributed by atoms with Gasteiger partial charge >= 0.3 is 0 Å². The van der Waals surface area contributed by atoms with Crippen LogP contribution in [0.5, 0.6) is 0 Å². The Balaban J connectivity index is 1.33. The van der Waals surface area contributed by atoms with Gasteiger partial charge in [0.1, 0.15) is 11.3 Å². The standard InChI is InChI=1S/C28H36FN9/c1-5-30-21-10-12-36(13-11-21)25-9-6-20(14-22(25)29)23-7-8-24-27(32-23)38-26(15-31-24)33-34-28(38)37-16-18(2)35(4)19(3)17-37/h6-9,14-15,18-19,21,30H,5,10-13,16-17H2,1-4H3/t18-,19+. The summed E-state index contributed by atoms with van der Waals surface area (Å²) in [6.07, 6.45) is 3.78. The van der Waals surface area contributed by atoms with Crippen molar-refractivity contribution in [1.29, 1.82) is 0 Å². The highest BCUT2D eigenvalue weighted by Gasteiger charge is 2.29. The van der Waals surface area contributed by atoms with E-state index in [1.165, 1.54) is 0 Å². The number of benzene rings is 1. The average Bonchev–Trinajstić information content (AvgIpc) is 3.37. The molecule has 0 amide bonds. The SMILES string of the molecule is CCNC1CCN(c2ccc(-c3ccc4ncc5nnc(N6C[C@@H](C)N(C)[C@@H](C)C6)n5c4n3)cc2F)CC1. The fourth-order valence-corrected chi connectivity index (χ4v) is 5.88. The predicted molar refractivity (Wildman–Crippen MR) is 149 cm³/mol. The summed E-state index contributed by atoms with van der Waals surface area (Å²) in [4.78, 5) is 16.3. The number of anilines is 2. The molecular formula is C28H36FN9. The molecular weight excluding hydrogens is 481 g/mol. The molecule has 5 heterocycles. The van der Waals surface area contributed by atoms with Crippen molar-refractivity contribution in [2.75, 3.05) is 49.6 Å². The zero-order valence-electron chi connectivity index (χ0n) is 22.6. The largest absolute Gasteiger partial charge is 0.369 e. The van der Waals surface area contributed by atoms with Crippen molar-refractivity contribution in [2.45, 2.75) is 51.7 Å². The first kappa shape index (κ1) is 24.9. The summed E-state index contributed by atoms with van der Waals surface area (Å²) >= 11 is 0. The van der Waals surface area contributed by atoms with E-state index in [1.54, 1.807) is 12.3 Å². The van der Waals surface area contributed by atoms with E-state index < -0.39 is 0 Å². The van der Waals surface area contributed by atoms with Crippen LogP contribution in [0.3, 0.4) is 0 Å². The highest BCUT2D eigenvalue weighted by atomic mass is 19.1. The third kappa shape index (κ3) is 4.45. The molecule has 2 saturated heterocycles. The number of aromatic nitrogens is 5. The monoisotopic (exact) mass is 517 g/mol. The molecule has 2 aliphatic rings. The second-order valence-corrected chi connectivity index (χ2v) is 10.7. The van der Waals surface area contributed by atoms with Gasteiger partial charge in [0.2, 0.25) is 5.95 Å². The maximum Gasteiger partial charge on any atom is 0.233 e. The minimum Gasteiger partial charge on any atom is -0.369 e. The summed E-state index contributed by atoms with van der Waals surface area (Å²) in [5, 5.41) is 12.4. The predicted octanol–water partition coefficient (Wildman–Crippen LogP) is 3.59. The number of pyridine rings is 1. The zero-order valence-corrected chi connectivity index (χ0v) is 22.6. The quantitative estimate of drug-likeness (QED) is 0.431. The van der Waals surface area contributed by atoms with Crippen molar-refractivity contribution in [2.24, 2.45) is 0 Å². The molecule has 1 N–H and O–H groups in total. The minimum atomic E-state index is -0.215. The Morgan fingerprint density at radius 3 is 2.47 bits per heavy atom. The van der Waals surface area contributed by atoms with Crippen molar-refractivity contribution in [3.63, 3.8) is 0 Å². The number of nitrogens with one attached hydrogen (secondary N) is 1. The number of rotatable bonds is 5. The summed E-state index contributed by atoms with van der Waals surface area (Å²) in [7, 11) is 2.16. The fraction of sp³-hybridized carbons (Fsp3) is 0.500. The first-order valence-electron chi connectivity index (χ1n) is 13.7. The fourth-order valence-electron chi connectivity index (χ4n) is 5.88. The Morgan fingerprint density at radius 1 is 1.00 bits per heavy atom. The lowest BCUT2D eigenvalue weighted by Gasteiger charge is -2.42. The van der Waals surface area contributed by atoms with Gasteiger partial charge in [0.05, 0.1) is 17.6 Å². The van der Waals surface area contributed by atoms with Crippen LogP contribution < -0.4 is 15.1 Å². The lowest BCUT2D eigenvalue weighted by Crippen LogP contribution is -2.55. The Bertz CT molecular complexity index is 1430. The lowest BCUT2D eigenvalue weighted by atomic mass is 10.0. The number of hydrogen-bond acceptors (Lipinski definition) is 8. The Hall–Kier alpha value is -3.37. The van der Waals surface area contributed by atoms with Gasteiger partial charge in [-0.15, -0.1) is 10.2 Å². The van der Waals surface area contributed by atoms with E-state index in [4.69, 9.17) is 4.98 Å². The summed E-state index contributed by atoms with van der Waals surface area (Å²) in [6.45, 7) is 11.0. The molecule has 0 bridgehead atoms. The van der Waals surface area contributed by atoms with Crippen molar-refractivity contribution < 1.29 is 4.39 Å². The van der Waals surface area contributed by atoms with Gasteiger partial charge in [-0.1, -0.05) is 13.0 Å². The Labute approximate surface area is 222 Å². The summed E-state index contributed by atoms with van der Waals surface area (Å²) in [5.74, 6) is 0.555. The van der Waals surface area contributed by atoms with E-state index in [0.717, 1.165) is 62.6 Å². The summed E-state index contributed by atoms with van der Waals surface area (Å²) < 4.78 is 17.3. The second kappa shape index (κ2) is 10.1. The van der Waals surface area contributed by atoms with Gasteiger partial charge in [0.15, 0.2) is 11.3 Å². The van der Waals surface area contributed by atoms with Crippen molar-refractivity contribution in [1.82, 2.24) is 34.8 Å². The van der Waals surface area contributed by atoms with Gasteiger partial charge in [0.25, 0.3) is 0 Å². The van der Waals surface area contributed by atoms with Crippen LogP contribution in [0.2, 0.25) is 0 Å². The molecule has 0 aliphatic carbocycles. The van der Waals surface area contributed by atoms with Gasteiger partial charge in [-0.25, -0.2) is 18.8 Å². The molecule has 0 saturated carbocycles. The number of hydrogen-bond donors (Lipinski definition) is 1. The molecule has 2 aliphatic heterocycles. The summed E-state index contributed by atoms with van der Waals surface area (Å²) in [6, 6.07) is 10.6. The molecule has 2 atom stereocenters. The van der Waals surface area contributed by atoms with E-state index in [1.807, 2.05) is 28.7 Å². The molecule has 0 unspecified atom stereocenters. The summed E-state index contributed by atoms with van der Waals surface area (Å²) in [5.41, 5.74) is 4.17. The Morgan fingerprint density at radius 2 is 1.76 bits per heavy atom. The second-order valence-electron chi connectivity index (χ2n) is 10.7. The third-order valence-corrected chi connectivity index (χ3v) is 8.27. The first-order chi connectivity index (χ1) is 18.4. The maximum atomic E-state index is 15.4. The van der Waals surface area contributed by atoms with E-state index >= 15 is 4.39 Å². The van der Waals surface area contributed by atoms with Crippen molar-refractivity contribution in [3.8, 4) is 11.3 Å². The number of halogens is 1. The molecule has 0 radical (unpaired) electrons. The van der Waals surface area contributed by atoms with Crippen LogP contribution in [0, 0.1) is 5.82 Å². The highest BCUT2D eigenvalue weighted by Crippen LogP contribution is 2.30. The van der Waals surface area contributed by atoms with Gasteiger partial charge in [-0.05, 0) is 64.5 Å². The topological polar surface area (TPSA) is 77.7 Å². The number of fused-ring (bicyclic) bond motifs is 3. The molecule has 10 heteroatoms. The van der Waals surface area contributed by atoms with Crippen LogP contribution >= 0.6 is 0 Å². The molecule has 38 heavy (non-hydrogen) atoms. The van der Waals surface area contributed by atoms with Gasteiger partial charge < -0.3 is 15.1 Å². The first-order valence-corrected chi connectivity index (χ1v) is 13.7. The van der Waals surface area contributed by atoms with Crippen LogP contribution in [0.15, 0.2) is 36.5 Å². The highest BCUT2D eigenvalue weighted by molar-refractivity contribution is 5.79. The van der Waals surface area contributed by atoms with Gasteiger partial charge in [-0.2, -0.15) is 0 Å². The van der Waals surface area contributed by atoms with E-state index in [-0.39, 0.29) is 5.82 Å².